The number of carbonyl (C=O) groups excluding carboxylic acids is 1. The zero-order valence-electron chi connectivity index (χ0n) is 15.7. The van der Waals surface area contributed by atoms with Crippen LogP contribution in [0.1, 0.15) is 49.4 Å². The minimum atomic E-state index is -0.605. The lowest BCUT2D eigenvalue weighted by Crippen LogP contribution is -2.37. The number of hydrogen-bond donors (Lipinski definition) is 1. The molecule has 0 radical (unpaired) electrons. The molecule has 2 atom stereocenters. The van der Waals surface area contributed by atoms with Gasteiger partial charge in [-0.05, 0) is 68.4 Å². The number of nitrogens with one attached hydrogen (secondary N) is 1. The van der Waals surface area contributed by atoms with Gasteiger partial charge in [-0.2, -0.15) is 0 Å². The molecule has 1 aliphatic rings. The maximum absolute atomic E-state index is 12.5. The number of aryl methyl sites for hydroxylation is 2. The molecule has 0 heterocycles. The molecule has 0 bridgehead atoms. The largest absolute Gasteiger partial charge is 0.493 e. The summed E-state index contributed by atoms with van der Waals surface area (Å²) in [5, 5.41) is 3.06. The van der Waals surface area contributed by atoms with E-state index in [4.69, 9.17) is 9.47 Å². The molecule has 0 fully saturated rings. The number of carbonyl (C=O) groups is 1. The second-order valence-electron chi connectivity index (χ2n) is 6.88. The number of benzene rings is 2. The molecule has 0 aliphatic heterocycles. The van der Waals surface area contributed by atoms with Crippen LogP contribution in [0.25, 0.3) is 0 Å². The van der Waals surface area contributed by atoms with Gasteiger partial charge in [-0.3, -0.25) is 4.79 Å². The predicted molar refractivity (Wildman–Crippen MR) is 103 cm³/mol. The molecule has 138 valence electrons. The van der Waals surface area contributed by atoms with Gasteiger partial charge in [0, 0.05) is 0 Å². The molecule has 0 spiro atoms. The van der Waals surface area contributed by atoms with Crippen LogP contribution in [-0.2, 0) is 17.6 Å². The highest BCUT2D eigenvalue weighted by Gasteiger charge is 2.20. The van der Waals surface area contributed by atoms with Crippen molar-refractivity contribution >= 4 is 5.91 Å². The third-order valence-corrected chi connectivity index (χ3v) is 4.97. The van der Waals surface area contributed by atoms with Crippen molar-refractivity contribution in [1.29, 1.82) is 0 Å². The van der Waals surface area contributed by atoms with E-state index in [1.165, 1.54) is 30.4 Å². The van der Waals surface area contributed by atoms with Crippen LogP contribution in [0.2, 0.25) is 0 Å². The number of rotatable bonds is 6. The first kappa shape index (κ1) is 18.3. The lowest BCUT2D eigenvalue weighted by Gasteiger charge is -2.22. The Labute approximate surface area is 155 Å². The van der Waals surface area contributed by atoms with Crippen LogP contribution >= 0.6 is 0 Å². The summed E-state index contributed by atoms with van der Waals surface area (Å²) in [4.78, 5) is 12.5. The SMILES string of the molecule is COc1ccccc1OC(C)C(=O)NC(C)c1ccc2c(c1)CCCC2. The zero-order chi connectivity index (χ0) is 18.5. The summed E-state index contributed by atoms with van der Waals surface area (Å²) >= 11 is 0. The van der Waals surface area contributed by atoms with Crippen molar-refractivity contribution in [3.05, 3.63) is 59.2 Å². The number of para-hydroxylation sites is 2. The summed E-state index contributed by atoms with van der Waals surface area (Å²) in [7, 11) is 1.59. The summed E-state index contributed by atoms with van der Waals surface area (Å²) < 4.78 is 11.1. The lowest BCUT2D eigenvalue weighted by atomic mass is 9.89. The Morgan fingerprint density at radius 1 is 1.00 bits per heavy atom. The van der Waals surface area contributed by atoms with E-state index in [1.807, 2.05) is 25.1 Å². The van der Waals surface area contributed by atoms with E-state index < -0.39 is 6.10 Å². The molecule has 2 unspecified atom stereocenters. The van der Waals surface area contributed by atoms with E-state index in [-0.39, 0.29) is 11.9 Å². The fraction of sp³-hybridized carbons (Fsp3) is 0.409. The topological polar surface area (TPSA) is 47.6 Å². The summed E-state index contributed by atoms with van der Waals surface area (Å²) in [5.74, 6) is 1.05. The lowest BCUT2D eigenvalue weighted by molar-refractivity contribution is -0.127. The number of fused-ring (bicyclic) bond motifs is 1. The molecule has 2 aromatic carbocycles. The average molecular weight is 353 g/mol. The van der Waals surface area contributed by atoms with Crippen LogP contribution in [0.3, 0.4) is 0 Å². The molecular formula is C22H27NO3. The Balaban J connectivity index is 1.63. The maximum atomic E-state index is 12.5. The minimum absolute atomic E-state index is 0.0570. The quantitative estimate of drug-likeness (QED) is 0.846. The van der Waals surface area contributed by atoms with Crippen LogP contribution in [0, 0.1) is 0 Å². The highest BCUT2D eigenvalue weighted by Crippen LogP contribution is 2.27. The third kappa shape index (κ3) is 4.18. The molecule has 4 heteroatoms. The van der Waals surface area contributed by atoms with Gasteiger partial charge in [-0.15, -0.1) is 0 Å². The highest BCUT2D eigenvalue weighted by atomic mass is 16.5. The summed E-state index contributed by atoms with van der Waals surface area (Å²) in [6.45, 7) is 3.76. The Kier molecular flexibility index (Phi) is 5.82. The van der Waals surface area contributed by atoms with Gasteiger partial charge in [0.2, 0.25) is 0 Å². The van der Waals surface area contributed by atoms with E-state index >= 15 is 0 Å². The van der Waals surface area contributed by atoms with Crippen LogP contribution in [-0.4, -0.2) is 19.1 Å². The number of amides is 1. The molecular weight excluding hydrogens is 326 g/mol. The van der Waals surface area contributed by atoms with Crippen molar-refractivity contribution in [3.8, 4) is 11.5 Å². The number of ether oxygens (including phenoxy) is 2. The molecule has 0 saturated carbocycles. The predicted octanol–water partition coefficient (Wildman–Crippen LogP) is 4.22. The molecule has 2 aromatic rings. The van der Waals surface area contributed by atoms with Crippen LogP contribution < -0.4 is 14.8 Å². The molecule has 26 heavy (non-hydrogen) atoms. The van der Waals surface area contributed by atoms with E-state index in [2.05, 4.69) is 23.5 Å². The van der Waals surface area contributed by atoms with Crippen LogP contribution in [0.15, 0.2) is 42.5 Å². The Hall–Kier alpha value is -2.49. The molecule has 1 aliphatic carbocycles. The van der Waals surface area contributed by atoms with Crippen LogP contribution in [0.4, 0.5) is 0 Å². The first-order valence-corrected chi connectivity index (χ1v) is 9.30. The van der Waals surface area contributed by atoms with E-state index in [1.54, 1.807) is 20.1 Å². The van der Waals surface area contributed by atoms with Crippen molar-refractivity contribution in [2.45, 2.75) is 51.7 Å². The zero-order valence-corrected chi connectivity index (χ0v) is 15.7. The van der Waals surface area contributed by atoms with Crippen LogP contribution in [0.5, 0.6) is 11.5 Å². The normalized spacial score (nSPS) is 15.5. The Bertz CT molecular complexity index is 772. The molecule has 1 N–H and O–H groups in total. The van der Waals surface area contributed by atoms with Gasteiger partial charge in [-0.25, -0.2) is 0 Å². The van der Waals surface area contributed by atoms with Gasteiger partial charge >= 0.3 is 0 Å². The Morgan fingerprint density at radius 2 is 1.69 bits per heavy atom. The number of hydrogen-bond acceptors (Lipinski definition) is 3. The van der Waals surface area contributed by atoms with Crippen molar-refractivity contribution < 1.29 is 14.3 Å². The molecule has 0 saturated heterocycles. The standard InChI is InChI=1S/C22H27NO3/c1-15(18-13-12-17-8-4-5-9-19(17)14-18)23-22(24)16(2)26-21-11-7-6-10-20(21)25-3/h6-7,10-16H,4-5,8-9H2,1-3H3,(H,23,24). The molecule has 1 amide bonds. The monoisotopic (exact) mass is 353 g/mol. The average Bonchev–Trinajstić information content (AvgIpc) is 2.67. The molecule has 0 aromatic heterocycles. The van der Waals surface area contributed by atoms with Gasteiger partial charge in [0.05, 0.1) is 13.2 Å². The minimum Gasteiger partial charge on any atom is -0.493 e. The van der Waals surface area contributed by atoms with E-state index in [9.17, 15) is 4.79 Å². The molecule has 4 nitrogen and oxygen atoms in total. The van der Waals surface area contributed by atoms with Gasteiger partial charge in [0.25, 0.3) is 5.91 Å². The fourth-order valence-electron chi connectivity index (χ4n) is 3.40. The molecule has 3 rings (SSSR count). The summed E-state index contributed by atoms with van der Waals surface area (Å²) in [5.41, 5.74) is 4.02. The summed E-state index contributed by atoms with van der Waals surface area (Å²) in [6.07, 6.45) is 4.22. The van der Waals surface area contributed by atoms with Gasteiger partial charge in [-0.1, -0.05) is 30.3 Å². The number of methoxy groups -OCH3 is 1. The van der Waals surface area contributed by atoms with Crippen molar-refractivity contribution in [3.63, 3.8) is 0 Å². The Morgan fingerprint density at radius 3 is 2.42 bits per heavy atom. The third-order valence-electron chi connectivity index (χ3n) is 4.97. The van der Waals surface area contributed by atoms with Gasteiger partial charge in [0.1, 0.15) is 0 Å². The van der Waals surface area contributed by atoms with Gasteiger partial charge < -0.3 is 14.8 Å². The highest BCUT2D eigenvalue weighted by molar-refractivity contribution is 5.81. The smallest absolute Gasteiger partial charge is 0.261 e. The second-order valence-corrected chi connectivity index (χ2v) is 6.88. The van der Waals surface area contributed by atoms with Crippen molar-refractivity contribution in [2.24, 2.45) is 0 Å². The second kappa shape index (κ2) is 8.26. The van der Waals surface area contributed by atoms with Crippen molar-refractivity contribution in [2.75, 3.05) is 7.11 Å². The van der Waals surface area contributed by atoms with E-state index in [0.717, 1.165) is 12.0 Å². The fourth-order valence-corrected chi connectivity index (χ4v) is 3.40. The van der Waals surface area contributed by atoms with Gasteiger partial charge in [0.15, 0.2) is 17.6 Å². The first-order valence-electron chi connectivity index (χ1n) is 9.30. The van der Waals surface area contributed by atoms with Crippen molar-refractivity contribution in [1.82, 2.24) is 5.32 Å². The van der Waals surface area contributed by atoms with E-state index in [0.29, 0.717) is 11.5 Å². The first-order chi connectivity index (χ1) is 12.6. The maximum Gasteiger partial charge on any atom is 0.261 e. The summed E-state index contributed by atoms with van der Waals surface area (Å²) in [6, 6.07) is 13.9.